The van der Waals surface area contributed by atoms with E-state index in [1.165, 1.54) is 17.3 Å². The minimum Gasteiger partial charge on any atom is -0.368 e. The summed E-state index contributed by atoms with van der Waals surface area (Å²) in [5, 5.41) is 3.99. The SMILES string of the molecule is Nc1nc(N2CCSCC2)nc(-n2cncn2)n1. The van der Waals surface area contributed by atoms with Crippen molar-refractivity contribution in [3.05, 3.63) is 12.7 Å². The largest absolute Gasteiger partial charge is 0.368 e. The van der Waals surface area contributed by atoms with Gasteiger partial charge in [-0.2, -0.15) is 36.5 Å². The summed E-state index contributed by atoms with van der Waals surface area (Å²) in [6.07, 6.45) is 2.96. The van der Waals surface area contributed by atoms with Gasteiger partial charge in [0.25, 0.3) is 5.95 Å². The van der Waals surface area contributed by atoms with Crippen LogP contribution in [0, 0.1) is 0 Å². The topological polar surface area (TPSA) is 98.6 Å². The third-order valence-corrected chi connectivity index (χ3v) is 3.49. The molecule has 0 unspecified atom stereocenters. The second-order valence-electron chi connectivity index (χ2n) is 3.73. The van der Waals surface area contributed by atoms with Crippen LogP contribution in [0.5, 0.6) is 0 Å². The molecule has 94 valence electrons. The van der Waals surface area contributed by atoms with E-state index in [2.05, 4.69) is 29.9 Å². The van der Waals surface area contributed by atoms with Gasteiger partial charge in [0.1, 0.15) is 12.7 Å². The first-order valence-electron chi connectivity index (χ1n) is 5.52. The van der Waals surface area contributed by atoms with Crippen LogP contribution < -0.4 is 10.6 Å². The Morgan fingerprint density at radius 2 is 1.89 bits per heavy atom. The molecule has 2 N–H and O–H groups in total. The van der Waals surface area contributed by atoms with Crippen LogP contribution in [0.25, 0.3) is 5.95 Å². The quantitative estimate of drug-likeness (QED) is 0.781. The van der Waals surface area contributed by atoms with E-state index in [0.29, 0.717) is 11.9 Å². The van der Waals surface area contributed by atoms with Crippen LogP contribution in [0.4, 0.5) is 11.9 Å². The van der Waals surface area contributed by atoms with Crippen molar-refractivity contribution < 1.29 is 0 Å². The van der Waals surface area contributed by atoms with Crippen molar-refractivity contribution >= 4 is 23.7 Å². The third kappa shape index (κ3) is 2.21. The summed E-state index contributed by atoms with van der Waals surface area (Å²) in [6, 6.07) is 0. The van der Waals surface area contributed by atoms with Crippen molar-refractivity contribution in [1.82, 2.24) is 29.7 Å². The van der Waals surface area contributed by atoms with Gasteiger partial charge in [-0.1, -0.05) is 0 Å². The lowest BCUT2D eigenvalue weighted by molar-refractivity contribution is 0.762. The van der Waals surface area contributed by atoms with E-state index in [1.807, 2.05) is 11.8 Å². The molecule has 18 heavy (non-hydrogen) atoms. The summed E-state index contributed by atoms with van der Waals surface area (Å²) in [5.41, 5.74) is 5.72. The van der Waals surface area contributed by atoms with E-state index in [0.717, 1.165) is 24.6 Å². The Labute approximate surface area is 108 Å². The minimum absolute atomic E-state index is 0.198. The molecular formula is C9H12N8S. The molecule has 0 bridgehead atoms. The number of nitrogen functional groups attached to an aromatic ring is 1. The zero-order chi connectivity index (χ0) is 12.4. The molecule has 9 heteroatoms. The second kappa shape index (κ2) is 4.77. The monoisotopic (exact) mass is 264 g/mol. The maximum atomic E-state index is 5.72. The summed E-state index contributed by atoms with van der Waals surface area (Å²) in [6.45, 7) is 1.84. The Morgan fingerprint density at radius 3 is 2.61 bits per heavy atom. The summed E-state index contributed by atoms with van der Waals surface area (Å²) in [4.78, 5) is 18.6. The molecule has 3 rings (SSSR count). The predicted molar refractivity (Wildman–Crippen MR) is 68.7 cm³/mol. The first-order chi connectivity index (χ1) is 8.83. The zero-order valence-corrected chi connectivity index (χ0v) is 10.4. The lowest BCUT2D eigenvalue weighted by Gasteiger charge is -2.26. The third-order valence-electron chi connectivity index (χ3n) is 2.55. The summed E-state index contributed by atoms with van der Waals surface area (Å²) < 4.78 is 1.47. The van der Waals surface area contributed by atoms with Crippen molar-refractivity contribution in [2.45, 2.75) is 0 Å². The van der Waals surface area contributed by atoms with E-state index in [4.69, 9.17) is 5.73 Å². The molecule has 3 heterocycles. The van der Waals surface area contributed by atoms with Crippen molar-refractivity contribution in [3.8, 4) is 5.95 Å². The van der Waals surface area contributed by atoms with E-state index in [9.17, 15) is 0 Å². The Kier molecular flexibility index (Phi) is 2.97. The fourth-order valence-electron chi connectivity index (χ4n) is 1.69. The number of rotatable bonds is 2. The lowest BCUT2D eigenvalue weighted by Crippen LogP contribution is -2.34. The highest BCUT2D eigenvalue weighted by Crippen LogP contribution is 2.16. The predicted octanol–water partition coefficient (Wildman–Crippen LogP) is -0.412. The van der Waals surface area contributed by atoms with E-state index >= 15 is 0 Å². The molecule has 0 atom stereocenters. The van der Waals surface area contributed by atoms with Gasteiger partial charge >= 0.3 is 0 Å². The summed E-state index contributed by atoms with van der Waals surface area (Å²) in [5.74, 6) is 3.35. The standard InChI is InChI=1S/C9H12N8S/c10-7-13-8(16-1-3-18-4-2-16)15-9(14-7)17-6-11-5-12-17/h5-6H,1-4H2,(H2,10,13,14,15). The van der Waals surface area contributed by atoms with Gasteiger partial charge in [-0.15, -0.1) is 0 Å². The number of aromatic nitrogens is 6. The molecule has 0 radical (unpaired) electrons. The number of hydrogen-bond donors (Lipinski definition) is 1. The molecule has 0 spiro atoms. The molecule has 1 fully saturated rings. The Morgan fingerprint density at radius 1 is 1.11 bits per heavy atom. The second-order valence-corrected chi connectivity index (χ2v) is 4.96. The maximum absolute atomic E-state index is 5.72. The van der Waals surface area contributed by atoms with Gasteiger partial charge in [0, 0.05) is 24.6 Å². The number of thioether (sulfide) groups is 1. The molecular weight excluding hydrogens is 252 g/mol. The number of anilines is 2. The molecule has 2 aromatic rings. The van der Waals surface area contributed by atoms with E-state index in [1.54, 1.807) is 0 Å². The van der Waals surface area contributed by atoms with Gasteiger partial charge in [0.15, 0.2) is 0 Å². The summed E-state index contributed by atoms with van der Waals surface area (Å²) >= 11 is 1.93. The first kappa shape index (κ1) is 11.2. The lowest BCUT2D eigenvalue weighted by atomic mass is 10.5. The van der Waals surface area contributed by atoms with Gasteiger partial charge in [-0.25, -0.2) is 4.98 Å². The number of nitrogens with two attached hydrogens (primary N) is 1. The smallest absolute Gasteiger partial charge is 0.258 e. The van der Waals surface area contributed by atoms with Crippen LogP contribution >= 0.6 is 11.8 Å². The van der Waals surface area contributed by atoms with Crippen molar-refractivity contribution in [3.63, 3.8) is 0 Å². The molecule has 1 saturated heterocycles. The maximum Gasteiger partial charge on any atom is 0.258 e. The van der Waals surface area contributed by atoms with Crippen molar-refractivity contribution in [1.29, 1.82) is 0 Å². The van der Waals surface area contributed by atoms with Crippen LogP contribution in [-0.4, -0.2) is 54.3 Å². The molecule has 0 aromatic carbocycles. The molecule has 0 aliphatic carbocycles. The van der Waals surface area contributed by atoms with Gasteiger partial charge in [-0.05, 0) is 0 Å². The van der Waals surface area contributed by atoms with Crippen LogP contribution in [0.3, 0.4) is 0 Å². The van der Waals surface area contributed by atoms with Gasteiger partial charge in [0.05, 0.1) is 0 Å². The van der Waals surface area contributed by atoms with E-state index in [-0.39, 0.29) is 5.95 Å². The average Bonchev–Trinajstić information content (AvgIpc) is 2.93. The molecule has 2 aromatic heterocycles. The Bertz CT molecular complexity index is 521. The van der Waals surface area contributed by atoms with Gasteiger partial charge in [-0.3, -0.25) is 0 Å². The first-order valence-corrected chi connectivity index (χ1v) is 6.67. The Hall–Kier alpha value is -1.90. The van der Waals surface area contributed by atoms with Gasteiger partial charge in [0.2, 0.25) is 11.9 Å². The normalized spacial score (nSPS) is 15.9. The zero-order valence-electron chi connectivity index (χ0n) is 9.60. The van der Waals surface area contributed by atoms with Crippen molar-refractivity contribution in [2.75, 3.05) is 35.2 Å². The highest BCUT2D eigenvalue weighted by atomic mass is 32.2. The summed E-state index contributed by atoms with van der Waals surface area (Å²) in [7, 11) is 0. The van der Waals surface area contributed by atoms with Gasteiger partial charge < -0.3 is 10.6 Å². The fourth-order valence-corrected chi connectivity index (χ4v) is 2.59. The number of nitrogens with zero attached hydrogens (tertiary/aromatic N) is 7. The molecule has 1 aliphatic rings. The molecule has 0 amide bonds. The number of hydrogen-bond acceptors (Lipinski definition) is 8. The molecule has 1 aliphatic heterocycles. The van der Waals surface area contributed by atoms with Crippen molar-refractivity contribution in [2.24, 2.45) is 0 Å². The van der Waals surface area contributed by atoms with Crippen LogP contribution in [-0.2, 0) is 0 Å². The molecule has 0 saturated carbocycles. The minimum atomic E-state index is 0.198. The van der Waals surface area contributed by atoms with Crippen LogP contribution in [0.2, 0.25) is 0 Å². The fraction of sp³-hybridized carbons (Fsp3) is 0.444. The Balaban J connectivity index is 1.95. The molecule has 8 nitrogen and oxygen atoms in total. The average molecular weight is 264 g/mol. The highest BCUT2D eigenvalue weighted by Gasteiger charge is 2.16. The van der Waals surface area contributed by atoms with E-state index < -0.39 is 0 Å². The van der Waals surface area contributed by atoms with Crippen LogP contribution in [0.15, 0.2) is 12.7 Å². The van der Waals surface area contributed by atoms with Crippen LogP contribution in [0.1, 0.15) is 0 Å². The highest BCUT2D eigenvalue weighted by molar-refractivity contribution is 7.99.